The summed E-state index contributed by atoms with van der Waals surface area (Å²) in [5.41, 5.74) is 7.45. The highest BCUT2D eigenvalue weighted by molar-refractivity contribution is 6.05. The fourth-order valence-electron chi connectivity index (χ4n) is 2.75. The van der Waals surface area contributed by atoms with Crippen molar-refractivity contribution in [3.05, 3.63) is 78.0 Å². The molecular weight excluding hydrogens is 314 g/mol. The zero-order valence-corrected chi connectivity index (χ0v) is 13.8. The number of fused-ring (bicyclic) bond motifs is 1. The Labute approximate surface area is 146 Å². The second kappa shape index (κ2) is 7.57. The van der Waals surface area contributed by atoms with Gasteiger partial charge in [-0.15, -0.1) is 0 Å². The fraction of sp³-hybridized carbons (Fsp3) is 0.150. The molecule has 25 heavy (non-hydrogen) atoms. The minimum absolute atomic E-state index is 0.122. The summed E-state index contributed by atoms with van der Waals surface area (Å²) >= 11 is 0. The Hall–Kier alpha value is -3.21. The maximum Gasteiger partial charge on any atom is 0.256 e. The van der Waals surface area contributed by atoms with Crippen molar-refractivity contribution in [2.75, 3.05) is 6.54 Å². The zero-order chi connectivity index (χ0) is 17.6. The molecule has 0 saturated heterocycles. The highest BCUT2D eigenvalue weighted by Gasteiger charge is 2.19. The van der Waals surface area contributed by atoms with Crippen LogP contribution in [0.5, 0.6) is 0 Å². The summed E-state index contributed by atoms with van der Waals surface area (Å²) in [6.45, 7) is 0.683. The first kappa shape index (κ1) is 16.6. The lowest BCUT2D eigenvalue weighted by atomic mass is 10.1. The van der Waals surface area contributed by atoms with E-state index in [1.165, 1.54) is 0 Å². The van der Waals surface area contributed by atoms with Gasteiger partial charge in [-0.25, -0.2) is 0 Å². The van der Waals surface area contributed by atoms with Gasteiger partial charge in [-0.2, -0.15) is 0 Å². The van der Waals surface area contributed by atoms with Crippen molar-refractivity contribution >= 4 is 22.7 Å². The number of rotatable bonds is 6. The molecule has 3 rings (SSSR count). The van der Waals surface area contributed by atoms with E-state index in [1.807, 2.05) is 54.6 Å². The van der Waals surface area contributed by atoms with Crippen LogP contribution < -0.4 is 5.73 Å². The normalized spacial score (nSPS) is 10.6. The highest BCUT2D eigenvalue weighted by atomic mass is 16.2. The molecule has 0 fully saturated rings. The summed E-state index contributed by atoms with van der Waals surface area (Å²) in [7, 11) is 0. The van der Waals surface area contributed by atoms with Crippen LogP contribution in [0.25, 0.3) is 10.9 Å². The molecule has 0 aliphatic rings. The van der Waals surface area contributed by atoms with Gasteiger partial charge in [0.05, 0.1) is 11.1 Å². The Kier molecular flexibility index (Phi) is 5.04. The predicted molar refractivity (Wildman–Crippen MR) is 96.7 cm³/mol. The number of para-hydroxylation sites is 1. The summed E-state index contributed by atoms with van der Waals surface area (Å²) in [5.74, 6) is -0.587. The van der Waals surface area contributed by atoms with Gasteiger partial charge in [0.2, 0.25) is 5.91 Å². The van der Waals surface area contributed by atoms with Crippen LogP contribution in [0.4, 0.5) is 0 Å². The van der Waals surface area contributed by atoms with Crippen LogP contribution in [-0.4, -0.2) is 28.2 Å². The monoisotopic (exact) mass is 333 g/mol. The lowest BCUT2D eigenvalue weighted by Crippen LogP contribution is -2.33. The van der Waals surface area contributed by atoms with Gasteiger partial charge >= 0.3 is 0 Å². The van der Waals surface area contributed by atoms with E-state index in [4.69, 9.17) is 5.73 Å². The lowest BCUT2D eigenvalue weighted by Gasteiger charge is -2.23. The summed E-state index contributed by atoms with van der Waals surface area (Å²) in [4.78, 5) is 30.3. The number of benzene rings is 2. The topological polar surface area (TPSA) is 76.3 Å². The van der Waals surface area contributed by atoms with Gasteiger partial charge in [0, 0.05) is 31.1 Å². The number of carbonyl (C=O) groups is 2. The first-order chi connectivity index (χ1) is 12.1. The molecule has 2 amide bonds. The summed E-state index contributed by atoms with van der Waals surface area (Å²) in [6, 6.07) is 19.0. The third-order valence-corrected chi connectivity index (χ3v) is 3.99. The molecule has 3 aromatic rings. The molecule has 1 aromatic heterocycles. The number of nitrogens with zero attached hydrogens (tertiary/aromatic N) is 2. The van der Waals surface area contributed by atoms with Crippen molar-refractivity contribution in [1.82, 2.24) is 9.88 Å². The molecule has 1 heterocycles. The second-order valence-corrected chi connectivity index (χ2v) is 5.81. The van der Waals surface area contributed by atoms with Gasteiger partial charge in [-0.3, -0.25) is 14.6 Å². The second-order valence-electron chi connectivity index (χ2n) is 5.81. The minimum Gasteiger partial charge on any atom is -0.370 e. The van der Waals surface area contributed by atoms with Crippen LogP contribution in [0.15, 0.2) is 66.9 Å². The molecular formula is C20H19N3O2. The average molecular weight is 333 g/mol. The van der Waals surface area contributed by atoms with E-state index in [1.54, 1.807) is 17.2 Å². The number of primary amides is 1. The fourth-order valence-corrected chi connectivity index (χ4v) is 2.75. The van der Waals surface area contributed by atoms with E-state index >= 15 is 0 Å². The van der Waals surface area contributed by atoms with E-state index in [0.717, 1.165) is 10.9 Å². The van der Waals surface area contributed by atoms with Crippen molar-refractivity contribution in [1.29, 1.82) is 0 Å². The van der Waals surface area contributed by atoms with Gasteiger partial charge in [0.15, 0.2) is 0 Å². The molecule has 2 aromatic carbocycles. The minimum atomic E-state index is -0.429. The van der Waals surface area contributed by atoms with E-state index in [2.05, 4.69) is 4.98 Å². The Morgan fingerprint density at radius 2 is 1.72 bits per heavy atom. The Bertz CT molecular complexity index is 888. The quantitative estimate of drug-likeness (QED) is 0.753. The van der Waals surface area contributed by atoms with Gasteiger partial charge in [0.25, 0.3) is 5.91 Å². The van der Waals surface area contributed by atoms with Crippen LogP contribution in [0.1, 0.15) is 22.3 Å². The number of pyridine rings is 1. The lowest BCUT2D eigenvalue weighted by molar-refractivity contribution is -0.118. The predicted octanol–water partition coefficient (Wildman–Crippen LogP) is 2.75. The smallest absolute Gasteiger partial charge is 0.256 e. The van der Waals surface area contributed by atoms with Gasteiger partial charge in [-0.05, 0) is 17.7 Å². The average Bonchev–Trinajstić information content (AvgIpc) is 2.65. The zero-order valence-electron chi connectivity index (χ0n) is 13.8. The van der Waals surface area contributed by atoms with E-state index in [9.17, 15) is 9.59 Å². The van der Waals surface area contributed by atoms with Crippen molar-refractivity contribution < 1.29 is 9.59 Å². The first-order valence-corrected chi connectivity index (χ1v) is 8.10. The van der Waals surface area contributed by atoms with Gasteiger partial charge in [-0.1, -0.05) is 48.5 Å². The van der Waals surface area contributed by atoms with Crippen LogP contribution in [0.2, 0.25) is 0 Å². The number of amides is 2. The molecule has 0 bridgehead atoms. The molecule has 0 atom stereocenters. The number of hydrogen-bond acceptors (Lipinski definition) is 3. The molecule has 5 heteroatoms. The SMILES string of the molecule is NC(=O)CCN(Cc1ccccc1)C(=O)c1cccc2cccnc12. The highest BCUT2D eigenvalue weighted by Crippen LogP contribution is 2.19. The van der Waals surface area contributed by atoms with Gasteiger partial charge in [0.1, 0.15) is 0 Å². The first-order valence-electron chi connectivity index (χ1n) is 8.10. The molecule has 0 saturated carbocycles. The summed E-state index contributed by atoms with van der Waals surface area (Å²) < 4.78 is 0. The molecule has 126 valence electrons. The molecule has 5 nitrogen and oxygen atoms in total. The van der Waals surface area contributed by atoms with Crippen molar-refractivity contribution in [3.8, 4) is 0 Å². The Morgan fingerprint density at radius 3 is 2.48 bits per heavy atom. The largest absolute Gasteiger partial charge is 0.370 e. The molecule has 0 radical (unpaired) electrons. The molecule has 0 unspecified atom stereocenters. The van der Waals surface area contributed by atoms with Crippen LogP contribution in [0.3, 0.4) is 0 Å². The van der Waals surface area contributed by atoms with E-state index in [-0.39, 0.29) is 18.9 Å². The summed E-state index contributed by atoms with van der Waals surface area (Å²) in [6.07, 6.45) is 1.79. The molecule has 0 aliphatic heterocycles. The number of carbonyl (C=O) groups excluding carboxylic acids is 2. The number of nitrogens with two attached hydrogens (primary N) is 1. The van der Waals surface area contributed by atoms with Crippen LogP contribution in [0, 0.1) is 0 Å². The van der Waals surface area contributed by atoms with E-state index in [0.29, 0.717) is 17.6 Å². The molecule has 2 N–H and O–H groups in total. The maximum absolute atomic E-state index is 13.1. The Morgan fingerprint density at radius 1 is 0.960 bits per heavy atom. The maximum atomic E-state index is 13.1. The number of aromatic nitrogens is 1. The van der Waals surface area contributed by atoms with Crippen molar-refractivity contribution in [2.24, 2.45) is 5.73 Å². The molecule has 0 spiro atoms. The standard InChI is InChI=1S/C20H19N3O2/c21-18(24)11-13-23(14-15-6-2-1-3-7-15)20(25)17-10-4-8-16-9-5-12-22-19(16)17/h1-10,12H,11,13-14H2,(H2,21,24). The number of hydrogen-bond donors (Lipinski definition) is 1. The molecule has 0 aliphatic carbocycles. The van der Waals surface area contributed by atoms with Crippen molar-refractivity contribution in [2.45, 2.75) is 13.0 Å². The van der Waals surface area contributed by atoms with Crippen LogP contribution >= 0.6 is 0 Å². The van der Waals surface area contributed by atoms with Crippen LogP contribution in [-0.2, 0) is 11.3 Å². The van der Waals surface area contributed by atoms with Crippen molar-refractivity contribution in [3.63, 3.8) is 0 Å². The van der Waals surface area contributed by atoms with Gasteiger partial charge < -0.3 is 10.6 Å². The summed E-state index contributed by atoms with van der Waals surface area (Å²) in [5, 5.41) is 0.905. The third-order valence-electron chi connectivity index (χ3n) is 3.99. The van der Waals surface area contributed by atoms with E-state index < -0.39 is 5.91 Å². The Balaban J connectivity index is 1.93. The third kappa shape index (κ3) is 4.01.